The van der Waals surface area contributed by atoms with Crippen LogP contribution >= 0.6 is 0 Å². The lowest BCUT2D eigenvalue weighted by atomic mass is 9.67. The monoisotopic (exact) mass is 339 g/mol. The Kier molecular flexibility index (Phi) is 4.10. The zero-order valence-corrected chi connectivity index (χ0v) is 14.9. The molecule has 0 N–H and O–H groups in total. The van der Waals surface area contributed by atoms with E-state index in [0.717, 1.165) is 32.2 Å². The molecule has 1 amide bonds. The zero-order valence-electron chi connectivity index (χ0n) is 14.9. The van der Waals surface area contributed by atoms with Gasteiger partial charge in [0, 0.05) is 18.9 Å². The van der Waals surface area contributed by atoms with Crippen molar-refractivity contribution in [3.8, 4) is 0 Å². The van der Waals surface area contributed by atoms with E-state index in [4.69, 9.17) is 4.42 Å². The minimum absolute atomic E-state index is 0.204. The van der Waals surface area contributed by atoms with Gasteiger partial charge in [0.25, 0.3) is 0 Å². The lowest BCUT2D eigenvalue weighted by Gasteiger charge is -2.47. The molecule has 1 aromatic heterocycles. The third kappa shape index (κ3) is 2.66. The van der Waals surface area contributed by atoms with Gasteiger partial charge >= 0.3 is 0 Å². The molecule has 4 rings (SSSR count). The number of benzene rings is 1. The third-order valence-corrected chi connectivity index (χ3v) is 5.81. The van der Waals surface area contributed by atoms with Gasteiger partial charge in [-0.05, 0) is 37.2 Å². The standard InChI is InChI=1S/C20H25N3O2/c1-14(2)18-21-22-19(25-18)20-12-10-16(20)11-13-23(20)17(24)9-8-15-6-4-3-5-7-15/h3-7,14,16H,8-13H2,1-2H3/t16-,20-/m0/s1. The maximum atomic E-state index is 13.0. The largest absolute Gasteiger partial charge is 0.422 e. The summed E-state index contributed by atoms with van der Waals surface area (Å²) in [7, 11) is 0. The topological polar surface area (TPSA) is 59.2 Å². The van der Waals surface area contributed by atoms with Gasteiger partial charge in [0.2, 0.25) is 17.7 Å². The van der Waals surface area contributed by atoms with Crippen molar-refractivity contribution >= 4 is 5.91 Å². The first kappa shape index (κ1) is 16.3. The average molecular weight is 339 g/mol. The predicted octanol–water partition coefficient (Wildman–Crippen LogP) is 3.66. The second-order valence-electron chi connectivity index (χ2n) is 7.58. The molecule has 5 heteroatoms. The van der Waals surface area contributed by atoms with E-state index in [2.05, 4.69) is 22.3 Å². The molecule has 2 aliphatic rings. The molecule has 2 atom stereocenters. The number of likely N-dealkylation sites (tertiary alicyclic amines) is 1. The third-order valence-electron chi connectivity index (χ3n) is 5.81. The first-order chi connectivity index (χ1) is 12.1. The van der Waals surface area contributed by atoms with Crippen LogP contribution in [-0.2, 0) is 16.8 Å². The van der Waals surface area contributed by atoms with Crippen molar-refractivity contribution in [2.75, 3.05) is 6.54 Å². The maximum Gasteiger partial charge on any atom is 0.242 e. The van der Waals surface area contributed by atoms with Crippen molar-refractivity contribution in [3.63, 3.8) is 0 Å². The Bertz CT molecular complexity index is 755. The van der Waals surface area contributed by atoms with E-state index in [1.54, 1.807) is 0 Å². The van der Waals surface area contributed by atoms with Gasteiger partial charge in [-0.25, -0.2) is 0 Å². The van der Waals surface area contributed by atoms with Crippen LogP contribution in [0.15, 0.2) is 34.7 Å². The number of amides is 1. The number of aromatic nitrogens is 2. The normalized spacial score (nSPS) is 25.1. The van der Waals surface area contributed by atoms with E-state index < -0.39 is 0 Å². The van der Waals surface area contributed by atoms with Crippen LogP contribution in [-0.4, -0.2) is 27.5 Å². The number of rotatable bonds is 5. The molecule has 1 saturated carbocycles. The van der Waals surface area contributed by atoms with Crippen molar-refractivity contribution in [2.45, 2.75) is 57.4 Å². The van der Waals surface area contributed by atoms with E-state index in [1.807, 2.05) is 36.9 Å². The minimum Gasteiger partial charge on any atom is -0.422 e. The van der Waals surface area contributed by atoms with Crippen molar-refractivity contribution in [1.29, 1.82) is 0 Å². The molecule has 2 fully saturated rings. The van der Waals surface area contributed by atoms with Gasteiger partial charge in [0.05, 0.1) is 0 Å². The van der Waals surface area contributed by atoms with Crippen LogP contribution in [0.4, 0.5) is 0 Å². The van der Waals surface area contributed by atoms with Gasteiger partial charge in [0.15, 0.2) is 0 Å². The molecule has 1 aliphatic heterocycles. The van der Waals surface area contributed by atoms with E-state index in [1.165, 1.54) is 5.56 Å². The number of nitrogens with zero attached hydrogens (tertiary/aromatic N) is 3. The Balaban J connectivity index is 1.53. The number of hydrogen-bond acceptors (Lipinski definition) is 4. The second-order valence-corrected chi connectivity index (χ2v) is 7.58. The fourth-order valence-electron chi connectivity index (χ4n) is 4.26. The van der Waals surface area contributed by atoms with E-state index in [-0.39, 0.29) is 17.4 Å². The van der Waals surface area contributed by atoms with Crippen molar-refractivity contribution in [1.82, 2.24) is 15.1 Å². The first-order valence-corrected chi connectivity index (χ1v) is 9.29. The highest BCUT2D eigenvalue weighted by Crippen LogP contribution is 2.56. The second kappa shape index (κ2) is 6.28. The SMILES string of the molecule is CC(C)c1nnc([C@]23CC[C@H]2CCN3C(=O)CCc2ccccc2)o1. The minimum atomic E-state index is -0.339. The molecule has 1 saturated heterocycles. The molecule has 0 radical (unpaired) electrons. The van der Waals surface area contributed by atoms with Gasteiger partial charge in [-0.1, -0.05) is 44.2 Å². The van der Waals surface area contributed by atoms with Crippen LogP contribution in [0.5, 0.6) is 0 Å². The van der Waals surface area contributed by atoms with Crippen LogP contribution in [0.1, 0.15) is 62.8 Å². The summed E-state index contributed by atoms with van der Waals surface area (Å²) in [5.74, 6) is 2.19. The van der Waals surface area contributed by atoms with Crippen molar-refractivity contribution < 1.29 is 9.21 Å². The van der Waals surface area contributed by atoms with E-state index >= 15 is 0 Å². The van der Waals surface area contributed by atoms with E-state index in [0.29, 0.717) is 24.1 Å². The number of fused-ring (bicyclic) bond motifs is 1. The summed E-state index contributed by atoms with van der Waals surface area (Å²) in [6, 6.07) is 10.2. The first-order valence-electron chi connectivity index (χ1n) is 9.29. The van der Waals surface area contributed by atoms with Crippen LogP contribution in [0.25, 0.3) is 0 Å². The Morgan fingerprint density at radius 1 is 1.28 bits per heavy atom. The highest BCUT2D eigenvalue weighted by atomic mass is 16.4. The molecule has 1 aromatic carbocycles. The summed E-state index contributed by atoms with van der Waals surface area (Å²) in [5.41, 5.74) is 0.864. The van der Waals surface area contributed by atoms with Gasteiger partial charge < -0.3 is 9.32 Å². The lowest BCUT2D eigenvalue weighted by Crippen LogP contribution is -2.54. The lowest BCUT2D eigenvalue weighted by molar-refractivity contribution is -0.142. The molecule has 25 heavy (non-hydrogen) atoms. The van der Waals surface area contributed by atoms with Gasteiger partial charge in [0.1, 0.15) is 5.54 Å². The Morgan fingerprint density at radius 3 is 2.72 bits per heavy atom. The fraction of sp³-hybridized carbons (Fsp3) is 0.550. The smallest absolute Gasteiger partial charge is 0.242 e. The fourth-order valence-corrected chi connectivity index (χ4v) is 4.26. The molecule has 2 heterocycles. The molecule has 5 nitrogen and oxygen atoms in total. The molecule has 2 aromatic rings. The number of carbonyl (C=O) groups excluding carboxylic acids is 1. The maximum absolute atomic E-state index is 13.0. The van der Waals surface area contributed by atoms with Crippen molar-refractivity contribution in [3.05, 3.63) is 47.7 Å². The summed E-state index contributed by atoms with van der Waals surface area (Å²) >= 11 is 0. The molecule has 132 valence electrons. The quantitative estimate of drug-likeness (QED) is 0.834. The molecular weight excluding hydrogens is 314 g/mol. The average Bonchev–Trinajstić information content (AvgIpc) is 3.17. The van der Waals surface area contributed by atoms with Crippen LogP contribution < -0.4 is 0 Å². The summed E-state index contributed by atoms with van der Waals surface area (Å²) in [4.78, 5) is 15.0. The Labute approximate surface area is 148 Å². The highest BCUT2D eigenvalue weighted by Gasteiger charge is 2.60. The van der Waals surface area contributed by atoms with Crippen LogP contribution in [0.2, 0.25) is 0 Å². The molecule has 0 bridgehead atoms. The van der Waals surface area contributed by atoms with Crippen LogP contribution in [0, 0.1) is 5.92 Å². The summed E-state index contributed by atoms with van der Waals surface area (Å²) in [5, 5.41) is 8.54. The molecule has 0 unspecified atom stereocenters. The molecule has 0 spiro atoms. The highest BCUT2D eigenvalue weighted by molar-refractivity contribution is 5.78. The summed E-state index contributed by atoms with van der Waals surface area (Å²) in [6.07, 6.45) is 4.43. The number of aryl methyl sites for hydroxylation is 1. The molecular formula is C20H25N3O2. The zero-order chi connectivity index (χ0) is 17.4. The molecule has 1 aliphatic carbocycles. The number of hydrogen-bond donors (Lipinski definition) is 0. The summed E-state index contributed by atoms with van der Waals surface area (Å²) in [6.45, 7) is 4.90. The van der Waals surface area contributed by atoms with Gasteiger partial charge in [-0.15, -0.1) is 10.2 Å². The van der Waals surface area contributed by atoms with Gasteiger partial charge in [-0.2, -0.15) is 0 Å². The van der Waals surface area contributed by atoms with Crippen molar-refractivity contribution in [2.24, 2.45) is 5.92 Å². The Morgan fingerprint density at radius 2 is 2.08 bits per heavy atom. The summed E-state index contributed by atoms with van der Waals surface area (Å²) < 4.78 is 5.98. The van der Waals surface area contributed by atoms with Gasteiger partial charge in [-0.3, -0.25) is 4.79 Å². The Hall–Kier alpha value is -2.17. The predicted molar refractivity (Wildman–Crippen MR) is 93.9 cm³/mol. The van der Waals surface area contributed by atoms with E-state index in [9.17, 15) is 4.79 Å². The van der Waals surface area contributed by atoms with Crippen LogP contribution in [0.3, 0.4) is 0 Å². The number of carbonyl (C=O) groups is 1.